The van der Waals surface area contributed by atoms with Crippen molar-refractivity contribution in [1.82, 2.24) is 4.90 Å². The van der Waals surface area contributed by atoms with Crippen molar-refractivity contribution in [2.75, 3.05) is 20.1 Å². The van der Waals surface area contributed by atoms with E-state index in [-0.39, 0.29) is 5.41 Å². The maximum absolute atomic E-state index is 12.0. The van der Waals surface area contributed by atoms with Gasteiger partial charge in [0, 0.05) is 12.0 Å². The number of Topliss-reactive ketones (excluding diaryl/α,β-unsaturated/α-hetero) is 1. The molecule has 2 nitrogen and oxygen atoms in total. The van der Waals surface area contributed by atoms with Crippen LogP contribution in [0.5, 0.6) is 0 Å². The summed E-state index contributed by atoms with van der Waals surface area (Å²) in [4.78, 5) is 14.2. The monoisotopic (exact) mass is 209 g/mol. The van der Waals surface area contributed by atoms with Gasteiger partial charge in [0.1, 0.15) is 0 Å². The van der Waals surface area contributed by atoms with Crippen LogP contribution < -0.4 is 0 Å². The lowest BCUT2D eigenvalue weighted by Crippen LogP contribution is -2.37. The number of carbonyl (C=O) groups is 1. The Balaban J connectivity index is 0.000000531. The van der Waals surface area contributed by atoms with Gasteiger partial charge < -0.3 is 4.90 Å². The molecule has 2 fully saturated rings. The maximum Gasteiger partial charge on any atom is 0.165 e. The van der Waals surface area contributed by atoms with E-state index in [0.717, 1.165) is 44.3 Å². The molecular formula is C13H23NO. The molecule has 0 radical (unpaired) electrons. The number of ketones is 1. The normalized spacial score (nSPS) is 31.7. The van der Waals surface area contributed by atoms with E-state index in [1.165, 1.54) is 0 Å². The Morgan fingerprint density at radius 2 is 2.00 bits per heavy atom. The largest absolute Gasteiger partial charge is 0.305 e. The first-order chi connectivity index (χ1) is 7.14. The van der Waals surface area contributed by atoms with Crippen molar-refractivity contribution in [3.05, 3.63) is 12.2 Å². The van der Waals surface area contributed by atoms with E-state index in [1.54, 1.807) is 0 Å². The average molecular weight is 209 g/mol. The zero-order valence-corrected chi connectivity index (χ0v) is 10.3. The molecule has 2 rings (SSSR count). The van der Waals surface area contributed by atoms with Gasteiger partial charge in [-0.15, -0.1) is 0 Å². The van der Waals surface area contributed by atoms with Crippen LogP contribution in [0.1, 0.15) is 39.5 Å². The molecule has 1 heterocycles. The third-order valence-electron chi connectivity index (χ3n) is 3.48. The van der Waals surface area contributed by atoms with Crippen LogP contribution in [-0.2, 0) is 4.79 Å². The van der Waals surface area contributed by atoms with Crippen LogP contribution in [0.25, 0.3) is 0 Å². The molecule has 0 amide bonds. The number of hydrogen-bond acceptors (Lipinski definition) is 2. The lowest BCUT2D eigenvalue weighted by atomic mass is 9.71. The second kappa shape index (κ2) is 4.93. The number of rotatable bonds is 0. The molecule has 86 valence electrons. The fourth-order valence-electron chi connectivity index (χ4n) is 2.71. The van der Waals surface area contributed by atoms with Crippen LogP contribution >= 0.6 is 0 Å². The van der Waals surface area contributed by atoms with Crippen molar-refractivity contribution in [3.63, 3.8) is 0 Å². The molecule has 1 saturated carbocycles. The zero-order chi connectivity index (χ0) is 11.5. The first kappa shape index (κ1) is 12.4. The van der Waals surface area contributed by atoms with E-state index in [0.29, 0.717) is 5.78 Å². The SMILES string of the molecule is C=C1CCCC2(CCN(C)C2)C1=O.CC. The summed E-state index contributed by atoms with van der Waals surface area (Å²) in [6.45, 7) is 9.89. The Bertz CT molecular complexity index is 255. The standard InChI is InChI=1S/C11H17NO.C2H6/c1-9-4-3-5-11(10(9)13)6-7-12(2)8-11;1-2/h1,3-8H2,2H3;1-2H3. The van der Waals surface area contributed by atoms with Crippen molar-refractivity contribution < 1.29 is 4.79 Å². The Kier molecular flexibility index (Phi) is 4.09. The van der Waals surface area contributed by atoms with Gasteiger partial charge in [-0.3, -0.25) is 4.79 Å². The number of hydrogen-bond donors (Lipinski definition) is 0. The quantitative estimate of drug-likeness (QED) is 0.572. The highest BCUT2D eigenvalue weighted by atomic mass is 16.1. The predicted octanol–water partition coefficient (Wildman–Crippen LogP) is 2.64. The van der Waals surface area contributed by atoms with Gasteiger partial charge in [-0.2, -0.15) is 0 Å². The molecule has 2 heteroatoms. The van der Waals surface area contributed by atoms with E-state index < -0.39 is 0 Å². The lowest BCUT2D eigenvalue weighted by molar-refractivity contribution is -0.126. The van der Waals surface area contributed by atoms with E-state index >= 15 is 0 Å². The maximum atomic E-state index is 12.0. The molecule has 1 spiro atoms. The Labute approximate surface area is 93.3 Å². The molecular weight excluding hydrogens is 186 g/mol. The fraction of sp³-hybridized carbons (Fsp3) is 0.769. The molecule has 1 saturated heterocycles. The summed E-state index contributed by atoms with van der Waals surface area (Å²) in [5.41, 5.74) is 0.825. The van der Waals surface area contributed by atoms with Gasteiger partial charge in [0.25, 0.3) is 0 Å². The van der Waals surface area contributed by atoms with E-state index in [4.69, 9.17) is 0 Å². The second-order valence-electron chi connectivity index (χ2n) is 4.55. The van der Waals surface area contributed by atoms with Gasteiger partial charge in [-0.1, -0.05) is 20.4 Å². The minimum Gasteiger partial charge on any atom is -0.305 e. The number of nitrogens with zero attached hydrogens (tertiary/aromatic N) is 1. The van der Waals surface area contributed by atoms with Gasteiger partial charge in [0.05, 0.1) is 0 Å². The van der Waals surface area contributed by atoms with Crippen molar-refractivity contribution in [2.24, 2.45) is 5.41 Å². The molecule has 0 aromatic rings. The highest BCUT2D eigenvalue weighted by Crippen LogP contribution is 2.42. The third kappa shape index (κ3) is 2.31. The van der Waals surface area contributed by atoms with Crippen LogP contribution in [0, 0.1) is 5.41 Å². The first-order valence-corrected chi connectivity index (χ1v) is 6.05. The smallest absolute Gasteiger partial charge is 0.165 e. The van der Waals surface area contributed by atoms with Gasteiger partial charge >= 0.3 is 0 Å². The Morgan fingerprint density at radius 1 is 1.33 bits per heavy atom. The van der Waals surface area contributed by atoms with Gasteiger partial charge in [0.15, 0.2) is 5.78 Å². The molecule has 0 N–H and O–H groups in total. The molecule has 15 heavy (non-hydrogen) atoms. The van der Waals surface area contributed by atoms with Crippen molar-refractivity contribution in [3.8, 4) is 0 Å². The first-order valence-electron chi connectivity index (χ1n) is 6.05. The van der Waals surface area contributed by atoms with Crippen LogP contribution in [-0.4, -0.2) is 30.8 Å². The molecule has 1 unspecified atom stereocenters. The van der Waals surface area contributed by atoms with Crippen LogP contribution in [0.3, 0.4) is 0 Å². The summed E-state index contributed by atoms with van der Waals surface area (Å²) in [5, 5.41) is 0. The average Bonchev–Trinajstić information content (AvgIpc) is 2.61. The molecule has 1 aliphatic carbocycles. The van der Waals surface area contributed by atoms with Crippen LogP contribution in [0.15, 0.2) is 12.2 Å². The Morgan fingerprint density at radius 3 is 2.53 bits per heavy atom. The van der Waals surface area contributed by atoms with Gasteiger partial charge in [-0.25, -0.2) is 0 Å². The van der Waals surface area contributed by atoms with Gasteiger partial charge in [-0.05, 0) is 44.8 Å². The van der Waals surface area contributed by atoms with E-state index in [1.807, 2.05) is 13.8 Å². The third-order valence-corrected chi connectivity index (χ3v) is 3.48. The zero-order valence-electron chi connectivity index (χ0n) is 10.3. The molecule has 1 atom stereocenters. The van der Waals surface area contributed by atoms with Crippen LogP contribution in [0.4, 0.5) is 0 Å². The highest BCUT2D eigenvalue weighted by molar-refractivity contribution is 6.00. The molecule has 2 aliphatic rings. The number of allylic oxidation sites excluding steroid dienone is 1. The van der Waals surface area contributed by atoms with E-state index in [9.17, 15) is 4.79 Å². The van der Waals surface area contributed by atoms with Crippen LogP contribution in [0.2, 0.25) is 0 Å². The van der Waals surface area contributed by atoms with Crippen molar-refractivity contribution in [1.29, 1.82) is 0 Å². The van der Waals surface area contributed by atoms with Crippen molar-refractivity contribution in [2.45, 2.75) is 39.5 Å². The fourth-order valence-corrected chi connectivity index (χ4v) is 2.71. The minimum absolute atomic E-state index is 0.0376. The number of carbonyl (C=O) groups excluding carboxylic acids is 1. The summed E-state index contributed by atoms with van der Waals surface area (Å²) in [6.07, 6.45) is 4.19. The molecule has 0 aromatic heterocycles. The van der Waals surface area contributed by atoms with Crippen molar-refractivity contribution >= 4 is 5.78 Å². The summed E-state index contributed by atoms with van der Waals surface area (Å²) < 4.78 is 0. The molecule has 1 aliphatic heterocycles. The summed E-state index contributed by atoms with van der Waals surface area (Å²) >= 11 is 0. The molecule has 0 aromatic carbocycles. The Hall–Kier alpha value is -0.630. The second-order valence-corrected chi connectivity index (χ2v) is 4.55. The highest BCUT2D eigenvalue weighted by Gasteiger charge is 2.45. The summed E-state index contributed by atoms with van der Waals surface area (Å²) in [5.74, 6) is 0.350. The lowest BCUT2D eigenvalue weighted by Gasteiger charge is -2.32. The summed E-state index contributed by atoms with van der Waals surface area (Å²) in [7, 11) is 2.10. The number of likely N-dealkylation sites (tertiary alicyclic amines) is 1. The topological polar surface area (TPSA) is 20.3 Å². The van der Waals surface area contributed by atoms with Gasteiger partial charge in [0.2, 0.25) is 0 Å². The summed E-state index contributed by atoms with van der Waals surface area (Å²) in [6, 6.07) is 0. The molecule has 0 bridgehead atoms. The minimum atomic E-state index is -0.0376. The van der Waals surface area contributed by atoms with E-state index in [2.05, 4.69) is 18.5 Å². The predicted molar refractivity (Wildman–Crippen MR) is 63.9 cm³/mol.